The molecule has 0 radical (unpaired) electrons. The highest BCUT2D eigenvalue weighted by Gasteiger charge is 2.68. The van der Waals surface area contributed by atoms with Gasteiger partial charge >= 0.3 is 0 Å². The van der Waals surface area contributed by atoms with E-state index in [1.165, 1.54) is 17.0 Å². The summed E-state index contributed by atoms with van der Waals surface area (Å²) in [6, 6.07) is 8.63. The first kappa shape index (κ1) is 28.7. The molecule has 2 saturated carbocycles. The van der Waals surface area contributed by atoms with Crippen LogP contribution in [-0.4, -0.2) is 39.7 Å². The quantitative estimate of drug-likeness (QED) is 0.297. The number of carbonyl (C=O) groups is 4. The number of benzene rings is 2. The molecule has 2 saturated heterocycles. The van der Waals surface area contributed by atoms with Crippen LogP contribution in [-0.2, 0) is 19.2 Å². The smallest absolute Gasteiger partial charge is 0.241 e. The topological polar surface area (TPSA) is 95.0 Å². The lowest BCUT2D eigenvalue weighted by atomic mass is 9.51. The third-order valence-corrected chi connectivity index (χ3v) is 11.5. The van der Waals surface area contributed by atoms with E-state index in [0.29, 0.717) is 16.5 Å². The summed E-state index contributed by atoms with van der Waals surface area (Å²) in [5.74, 6) is -5.14. The summed E-state index contributed by atoms with van der Waals surface area (Å²) in [7, 11) is 0. The van der Waals surface area contributed by atoms with Crippen LogP contribution in [0.3, 0.4) is 0 Å². The van der Waals surface area contributed by atoms with Crippen molar-refractivity contribution in [3.8, 4) is 5.75 Å². The van der Waals surface area contributed by atoms with E-state index in [1.54, 1.807) is 25.1 Å². The van der Waals surface area contributed by atoms with Crippen molar-refractivity contribution in [2.45, 2.75) is 63.8 Å². The van der Waals surface area contributed by atoms with Gasteiger partial charge in [-0.2, -0.15) is 0 Å². The number of aromatic hydroxyl groups is 1. The average molecular weight is 670 g/mol. The molecule has 2 aliphatic heterocycles. The lowest BCUT2D eigenvalue weighted by molar-refractivity contribution is -0.144. The molecular formula is C33H31BrClFN2O5. The number of phenols is 1. The Kier molecular flexibility index (Phi) is 6.85. The molecule has 224 valence electrons. The van der Waals surface area contributed by atoms with Gasteiger partial charge in [0, 0.05) is 22.0 Å². The van der Waals surface area contributed by atoms with Crippen molar-refractivity contribution in [3.63, 3.8) is 0 Å². The number of hydrogen-bond donors (Lipinski definition) is 1. The molecule has 43 heavy (non-hydrogen) atoms. The third-order valence-electron chi connectivity index (χ3n) is 10.7. The molecule has 2 heterocycles. The van der Waals surface area contributed by atoms with Crippen molar-refractivity contribution in [1.29, 1.82) is 0 Å². The van der Waals surface area contributed by atoms with Gasteiger partial charge in [-0.05, 0) is 74.9 Å². The van der Waals surface area contributed by atoms with Crippen LogP contribution in [0.5, 0.6) is 5.75 Å². The van der Waals surface area contributed by atoms with E-state index in [0.717, 1.165) is 48.6 Å². The molecule has 6 unspecified atom stereocenters. The molecule has 0 spiro atoms. The zero-order chi connectivity index (χ0) is 30.4. The zero-order valence-corrected chi connectivity index (χ0v) is 25.9. The molecule has 4 fully saturated rings. The minimum absolute atomic E-state index is 0.0296. The summed E-state index contributed by atoms with van der Waals surface area (Å²) in [5, 5.41) is 10.9. The predicted octanol–water partition coefficient (Wildman–Crippen LogP) is 6.51. The van der Waals surface area contributed by atoms with Gasteiger partial charge in [0.1, 0.15) is 11.6 Å². The number of phenolic OH excluding ortho intramolecular Hbond substituents is 1. The van der Waals surface area contributed by atoms with Crippen molar-refractivity contribution in [2.75, 3.05) is 4.90 Å². The van der Waals surface area contributed by atoms with Crippen LogP contribution in [0.2, 0.25) is 5.02 Å². The van der Waals surface area contributed by atoms with Crippen molar-refractivity contribution < 1.29 is 28.7 Å². The van der Waals surface area contributed by atoms with Crippen LogP contribution in [0.25, 0.3) is 0 Å². The van der Waals surface area contributed by atoms with Crippen molar-refractivity contribution in [2.24, 2.45) is 29.1 Å². The van der Waals surface area contributed by atoms with Crippen molar-refractivity contribution in [3.05, 3.63) is 68.9 Å². The van der Waals surface area contributed by atoms with Gasteiger partial charge in [0.2, 0.25) is 23.6 Å². The molecule has 1 N–H and O–H groups in total. The first-order valence-electron chi connectivity index (χ1n) is 14.9. The average Bonchev–Trinajstić information content (AvgIpc) is 3.36. The molecule has 0 aromatic heterocycles. The van der Waals surface area contributed by atoms with Gasteiger partial charge in [0.15, 0.2) is 0 Å². The molecule has 4 amide bonds. The number of halogens is 3. The van der Waals surface area contributed by atoms with Crippen LogP contribution in [0.15, 0.2) is 52.5 Å². The molecule has 0 bridgehead atoms. The lowest BCUT2D eigenvalue weighted by Gasteiger charge is -2.49. The van der Waals surface area contributed by atoms with E-state index in [4.69, 9.17) is 11.6 Å². The second-order valence-electron chi connectivity index (χ2n) is 12.8. The molecule has 7 rings (SSSR count). The molecule has 2 aromatic carbocycles. The van der Waals surface area contributed by atoms with Crippen LogP contribution in [0.1, 0.15) is 63.4 Å². The number of fused-ring (bicyclic) bond motifs is 4. The molecule has 2 aromatic rings. The van der Waals surface area contributed by atoms with Crippen LogP contribution >= 0.6 is 27.5 Å². The van der Waals surface area contributed by atoms with Gasteiger partial charge in [-0.3, -0.25) is 24.1 Å². The number of carbonyl (C=O) groups excluding carboxylic acids is 4. The Balaban J connectivity index is 1.36. The third kappa shape index (κ3) is 4.10. The summed E-state index contributed by atoms with van der Waals surface area (Å²) in [6.07, 6.45) is 7.21. The van der Waals surface area contributed by atoms with Gasteiger partial charge in [-0.1, -0.05) is 58.4 Å². The number of rotatable bonds is 3. The summed E-state index contributed by atoms with van der Waals surface area (Å²) >= 11 is 9.56. The first-order chi connectivity index (χ1) is 20.5. The number of hydrogen-bond acceptors (Lipinski definition) is 5. The summed E-state index contributed by atoms with van der Waals surface area (Å²) in [5.41, 5.74) is 0.122. The predicted molar refractivity (Wildman–Crippen MR) is 161 cm³/mol. The van der Waals surface area contributed by atoms with Crippen LogP contribution in [0.4, 0.5) is 10.1 Å². The van der Waals surface area contributed by atoms with E-state index in [1.807, 2.05) is 6.08 Å². The maximum atomic E-state index is 14.4. The molecule has 3 aliphatic carbocycles. The number of likely N-dealkylation sites (tertiary alicyclic amines) is 1. The van der Waals surface area contributed by atoms with E-state index < -0.39 is 52.6 Å². The minimum atomic E-state index is -1.32. The van der Waals surface area contributed by atoms with Gasteiger partial charge in [0.25, 0.3) is 0 Å². The Morgan fingerprint density at radius 2 is 1.72 bits per heavy atom. The lowest BCUT2D eigenvalue weighted by Crippen LogP contribution is -2.49. The summed E-state index contributed by atoms with van der Waals surface area (Å²) in [6.45, 7) is 1.74. The zero-order valence-electron chi connectivity index (χ0n) is 23.6. The number of anilines is 1. The fraction of sp³-hybridized carbons (Fsp3) is 0.455. The maximum Gasteiger partial charge on any atom is 0.241 e. The van der Waals surface area contributed by atoms with E-state index >= 15 is 0 Å². The molecule has 7 nitrogen and oxygen atoms in total. The molecule has 6 atom stereocenters. The Labute approximate surface area is 262 Å². The molecular weight excluding hydrogens is 639 g/mol. The van der Waals surface area contributed by atoms with E-state index in [-0.39, 0.29) is 40.7 Å². The van der Waals surface area contributed by atoms with Gasteiger partial charge in [-0.25, -0.2) is 9.29 Å². The summed E-state index contributed by atoms with van der Waals surface area (Å²) in [4.78, 5) is 59.1. The highest BCUT2D eigenvalue weighted by Crippen LogP contribution is 2.64. The maximum absolute atomic E-state index is 14.4. The first-order valence-corrected chi connectivity index (χ1v) is 16.1. The van der Waals surface area contributed by atoms with Gasteiger partial charge < -0.3 is 5.11 Å². The van der Waals surface area contributed by atoms with Crippen LogP contribution in [0, 0.1) is 34.9 Å². The SMILES string of the molecule is CC12C(=O)N(c3ccc(F)c(Cl)c3)C(=O)C1CC1C(=CCC3C(=O)N(C4CCCCC4)C(=O)C31)C2c1cc(Br)ccc1O. The van der Waals surface area contributed by atoms with Crippen molar-refractivity contribution >= 4 is 56.8 Å². The van der Waals surface area contributed by atoms with Crippen LogP contribution < -0.4 is 4.90 Å². The Bertz CT molecular complexity index is 1620. The summed E-state index contributed by atoms with van der Waals surface area (Å²) < 4.78 is 14.7. The standard InChI is InChI=1S/C33H31BrClFN2O5/c1-33-23(30(41)38(32(33)43)18-8-11-25(36)24(35)14-18)15-21-19(28(33)22-13-16(34)7-12-26(22)39)9-10-20-27(21)31(42)37(29(20)40)17-5-3-2-4-6-17/h7-9,11-14,17,20-21,23,27-28,39H,2-6,10,15H2,1H3. The van der Waals surface area contributed by atoms with E-state index in [2.05, 4.69) is 15.9 Å². The Morgan fingerprint density at radius 3 is 2.44 bits per heavy atom. The van der Waals surface area contributed by atoms with Gasteiger partial charge in [-0.15, -0.1) is 0 Å². The van der Waals surface area contributed by atoms with Crippen molar-refractivity contribution in [1.82, 2.24) is 4.90 Å². The normalized spacial score (nSPS) is 32.6. The fourth-order valence-electron chi connectivity index (χ4n) is 8.71. The second-order valence-corrected chi connectivity index (χ2v) is 14.1. The van der Waals surface area contributed by atoms with Gasteiger partial charge in [0.05, 0.1) is 33.9 Å². The molecule has 10 heteroatoms. The Morgan fingerprint density at radius 1 is 0.977 bits per heavy atom. The second kappa shape index (κ2) is 10.3. The fourth-order valence-corrected chi connectivity index (χ4v) is 9.26. The Hall–Kier alpha value is -3.04. The molecule has 5 aliphatic rings. The largest absolute Gasteiger partial charge is 0.508 e. The number of allylic oxidation sites excluding steroid dienone is 2. The highest BCUT2D eigenvalue weighted by atomic mass is 79.9. The number of amides is 4. The highest BCUT2D eigenvalue weighted by molar-refractivity contribution is 9.10. The van der Waals surface area contributed by atoms with E-state index in [9.17, 15) is 28.7 Å². The number of imide groups is 2. The number of nitrogens with zero attached hydrogens (tertiary/aromatic N) is 2. The minimum Gasteiger partial charge on any atom is -0.508 e. The monoisotopic (exact) mass is 668 g/mol.